The normalized spacial score (nSPS) is 12.3. The van der Waals surface area contributed by atoms with Crippen molar-refractivity contribution in [2.75, 3.05) is 5.32 Å². The smallest absolute Gasteiger partial charge is 0.274 e. The van der Waals surface area contributed by atoms with Crippen molar-refractivity contribution in [3.63, 3.8) is 0 Å². The summed E-state index contributed by atoms with van der Waals surface area (Å²) in [5.74, 6) is -0.0262. The van der Waals surface area contributed by atoms with E-state index in [1.807, 2.05) is 13.8 Å². The Morgan fingerprint density at radius 2 is 1.95 bits per heavy atom. The third kappa shape index (κ3) is 4.03. The molecule has 0 aliphatic carbocycles. The van der Waals surface area contributed by atoms with Gasteiger partial charge in [0.25, 0.3) is 5.69 Å². The van der Waals surface area contributed by atoms with Gasteiger partial charge < -0.3 is 11.1 Å². The Balaban J connectivity index is 2.90. The van der Waals surface area contributed by atoms with Gasteiger partial charge in [-0.15, -0.1) is 0 Å². The number of benzene rings is 1. The van der Waals surface area contributed by atoms with E-state index in [1.165, 1.54) is 6.07 Å². The first-order valence-electron chi connectivity index (χ1n) is 6.53. The summed E-state index contributed by atoms with van der Waals surface area (Å²) in [6.45, 7) is 7.36. The van der Waals surface area contributed by atoms with Gasteiger partial charge in [0.1, 0.15) is 0 Å². The zero-order valence-electron chi connectivity index (χ0n) is 12.3. The molecule has 1 aromatic rings. The van der Waals surface area contributed by atoms with Crippen LogP contribution in [0, 0.1) is 29.9 Å². The number of carbonyl (C=O) groups excluding carboxylic acids is 1. The molecule has 1 amide bonds. The molecule has 110 valence electrons. The predicted molar refractivity (Wildman–Crippen MR) is 78.6 cm³/mol. The summed E-state index contributed by atoms with van der Waals surface area (Å²) < 4.78 is 0. The van der Waals surface area contributed by atoms with Crippen LogP contribution in [0.2, 0.25) is 0 Å². The van der Waals surface area contributed by atoms with Gasteiger partial charge >= 0.3 is 0 Å². The number of nitro benzene ring substituents is 1. The quantitative estimate of drug-likeness (QED) is 0.639. The highest BCUT2D eigenvalue weighted by Crippen LogP contribution is 2.26. The van der Waals surface area contributed by atoms with E-state index >= 15 is 0 Å². The van der Waals surface area contributed by atoms with E-state index in [-0.39, 0.29) is 30.0 Å². The molecule has 0 aliphatic rings. The standard InChI is InChI=1S/C14H21N3O3/c1-8(2)11(15)6-14(18)16-12-7-13(17(19)20)10(4)5-9(12)3/h5,7-8,11H,6,15H2,1-4H3,(H,16,18). The second kappa shape index (κ2) is 6.47. The molecule has 0 aliphatic heterocycles. The van der Waals surface area contributed by atoms with Crippen LogP contribution in [0.15, 0.2) is 12.1 Å². The van der Waals surface area contributed by atoms with Crippen molar-refractivity contribution in [2.45, 2.75) is 40.2 Å². The molecule has 0 heterocycles. The Hall–Kier alpha value is -1.95. The lowest BCUT2D eigenvalue weighted by Crippen LogP contribution is -2.31. The summed E-state index contributed by atoms with van der Waals surface area (Å²) in [4.78, 5) is 22.3. The minimum absolute atomic E-state index is 0.000872. The van der Waals surface area contributed by atoms with E-state index < -0.39 is 4.92 Å². The molecule has 6 nitrogen and oxygen atoms in total. The lowest BCUT2D eigenvalue weighted by Gasteiger charge is -2.16. The van der Waals surface area contributed by atoms with E-state index in [0.29, 0.717) is 11.3 Å². The maximum absolute atomic E-state index is 11.9. The third-order valence-corrected chi connectivity index (χ3v) is 3.29. The van der Waals surface area contributed by atoms with Crippen molar-refractivity contribution >= 4 is 17.3 Å². The van der Waals surface area contributed by atoms with Gasteiger partial charge in [-0.3, -0.25) is 14.9 Å². The summed E-state index contributed by atoms with van der Waals surface area (Å²) in [7, 11) is 0. The summed E-state index contributed by atoms with van der Waals surface area (Å²) >= 11 is 0. The summed E-state index contributed by atoms with van der Waals surface area (Å²) in [5, 5.41) is 13.6. The van der Waals surface area contributed by atoms with Gasteiger partial charge in [-0.2, -0.15) is 0 Å². The average molecular weight is 279 g/mol. The van der Waals surface area contributed by atoms with Crippen LogP contribution in [0.1, 0.15) is 31.4 Å². The van der Waals surface area contributed by atoms with E-state index in [0.717, 1.165) is 5.56 Å². The summed E-state index contributed by atoms with van der Waals surface area (Å²) in [6.07, 6.45) is 0.193. The molecular formula is C14H21N3O3. The van der Waals surface area contributed by atoms with Crippen LogP contribution in [0.25, 0.3) is 0 Å². The van der Waals surface area contributed by atoms with Crippen LogP contribution >= 0.6 is 0 Å². The zero-order valence-corrected chi connectivity index (χ0v) is 12.3. The maximum Gasteiger partial charge on any atom is 0.274 e. The largest absolute Gasteiger partial charge is 0.327 e. The Morgan fingerprint density at radius 3 is 2.45 bits per heavy atom. The summed E-state index contributed by atoms with van der Waals surface area (Å²) in [6, 6.07) is 2.86. The monoisotopic (exact) mass is 279 g/mol. The summed E-state index contributed by atoms with van der Waals surface area (Å²) in [5.41, 5.74) is 7.67. The Labute approximate surface area is 118 Å². The van der Waals surface area contributed by atoms with E-state index in [2.05, 4.69) is 5.32 Å². The number of hydrogen-bond acceptors (Lipinski definition) is 4. The lowest BCUT2D eigenvalue weighted by atomic mass is 10.0. The fourth-order valence-corrected chi connectivity index (χ4v) is 1.82. The van der Waals surface area contributed by atoms with Crippen molar-refractivity contribution in [1.29, 1.82) is 0 Å². The second-order valence-corrected chi connectivity index (χ2v) is 5.37. The molecule has 0 saturated heterocycles. The molecule has 0 saturated carbocycles. The van der Waals surface area contributed by atoms with Crippen LogP contribution in [0.5, 0.6) is 0 Å². The number of amides is 1. The molecule has 1 atom stereocenters. The molecule has 0 fully saturated rings. The Morgan fingerprint density at radius 1 is 1.35 bits per heavy atom. The Kier molecular flexibility index (Phi) is 5.21. The first-order valence-corrected chi connectivity index (χ1v) is 6.53. The molecular weight excluding hydrogens is 258 g/mol. The van der Waals surface area contributed by atoms with Crippen molar-refractivity contribution < 1.29 is 9.72 Å². The number of nitrogens with one attached hydrogen (secondary N) is 1. The molecule has 1 aromatic carbocycles. The number of anilines is 1. The maximum atomic E-state index is 11.9. The molecule has 0 radical (unpaired) electrons. The lowest BCUT2D eigenvalue weighted by molar-refractivity contribution is -0.385. The number of hydrogen-bond donors (Lipinski definition) is 2. The molecule has 3 N–H and O–H groups in total. The highest BCUT2D eigenvalue weighted by molar-refractivity contribution is 5.92. The van der Waals surface area contributed by atoms with Gasteiger partial charge in [0.15, 0.2) is 0 Å². The topological polar surface area (TPSA) is 98.3 Å². The van der Waals surface area contributed by atoms with Gasteiger partial charge in [0.05, 0.1) is 10.6 Å². The average Bonchev–Trinajstić information content (AvgIpc) is 2.31. The first kappa shape index (κ1) is 16.1. The number of carbonyl (C=O) groups is 1. The number of nitrogens with zero attached hydrogens (tertiary/aromatic N) is 1. The van der Waals surface area contributed by atoms with Crippen LogP contribution in [-0.4, -0.2) is 16.9 Å². The van der Waals surface area contributed by atoms with Gasteiger partial charge in [-0.25, -0.2) is 0 Å². The molecule has 0 spiro atoms. The van der Waals surface area contributed by atoms with Crippen molar-refractivity contribution in [1.82, 2.24) is 0 Å². The molecule has 0 bridgehead atoms. The number of rotatable bonds is 5. The molecule has 1 rings (SSSR count). The predicted octanol–water partition coefficient (Wildman–Crippen LogP) is 2.52. The van der Waals surface area contributed by atoms with Crippen molar-refractivity contribution in [3.8, 4) is 0 Å². The first-order chi connectivity index (χ1) is 9.22. The van der Waals surface area contributed by atoms with Gasteiger partial charge in [-0.05, 0) is 31.4 Å². The van der Waals surface area contributed by atoms with Crippen LogP contribution in [0.3, 0.4) is 0 Å². The van der Waals surface area contributed by atoms with Crippen molar-refractivity contribution in [2.24, 2.45) is 11.7 Å². The zero-order chi connectivity index (χ0) is 15.4. The minimum atomic E-state index is -0.454. The molecule has 0 aromatic heterocycles. The van der Waals surface area contributed by atoms with Crippen LogP contribution < -0.4 is 11.1 Å². The fourth-order valence-electron chi connectivity index (χ4n) is 1.82. The van der Waals surface area contributed by atoms with E-state index in [4.69, 9.17) is 5.73 Å². The molecule has 1 unspecified atom stereocenters. The molecule has 6 heteroatoms. The minimum Gasteiger partial charge on any atom is -0.327 e. The molecule has 20 heavy (non-hydrogen) atoms. The highest BCUT2D eigenvalue weighted by Gasteiger charge is 2.17. The van der Waals surface area contributed by atoms with Crippen LogP contribution in [-0.2, 0) is 4.79 Å². The van der Waals surface area contributed by atoms with Gasteiger partial charge in [-0.1, -0.05) is 13.8 Å². The third-order valence-electron chi connectivity index (χ3n) is 3.29. The number of aryl methyl sites for hydroxylation is 2. The number of nitrogens with two attached hydrogens (primary N) is 1. The van der Waals surface area contributed by atoms with Crippen molar-refractivity contribution in [3.05, 3.63) is 33.4 Å². The van der Waals surface area contributed by atoms with E-state index in [9.17, 15) is 14.9 Å². The van der Waals surface area contributed by atoms with Gasteiger partial charge in [0, 0.05) is 24.1 Å². The Bertz CT molecular complexity index is 527. The SMILES string of the molecule is Cc1cc(C)c([N+](=O)[O-])cc1NC(=O)CC(N)C(C)C. The number of nitro groups is 1. The fraction of sp³-hybridized carbons (Fsp3) is 0.500. The second-order valence-electron chi connectivity index (χ2n) is 5.37. The highest BCUT2D eigenvalue weighted by atomic mass is 16.6. The van der Waals surface area contributed by atoms with Crippen LogP contribution in [0.4, 0.5) is 11.4 Å². The van der Waals surface area contributed by atoms with E-state index in [1.54, 1.807) is 19.9 Å². The van der Waals surface area contributed by atoms with Gasteiger partial charge in [0.2, 0.25) is 5.91 Å².